The van der Waals surface area contributed by atoms with Gasteiger partial charge in [0.1, 0.15) is 6.07 Å². The second-order valence-electron chi connectivity index (χ2n) is 2.41. The van der Waals surface area contributed by atoms with E-state index >= 15 is 0 Å². The summed E-state index contributed by atoms with van der Waals surface area (Å²) >= 11 is 9.09. The first-order valence-electron chi connectivity index (χ1n) is 3.46. The van der Waals surface area contributed by atoms with E-state index < -0.39 is 0 Å². The Bertz CT molecular complexity index is 512. The highest BCUT2D eigenvalue weighted by molar-refractivity contribution is 9.10. The molecule has 0 aliphatic heterocycles. The minimum Gasteiger partial charge on any atom is -0.289 e. The Kier molecular flexibility index (Phi) is 1.98. The molecule has 0 amide bonds. The standard InChI is InChI=1S/C8H3BrClN3/c9-5-2-1-3-13-6(4-11)7(10)12-8(5)13/h1-3H. The Hall–Kier alpha value is -1.05. The number of fused-ring (bicyclic) bond motifs is 1. The number of hydrogen-bond acceptors (Lipinski definition) is 2. The third-order valence-electron chi connectivity index (χ3n) is 1.67. The molecule has 0 N–H and O–H groups in total. The molecule has 64 valence electrons. The molecule has 0 aliphatic rings. The van der Waals surface area contributed by atoms with Gasteiger partial charge in [-0.15, -0.1) is 0 Å². The maximum absolute atomic E-state index is 8.79. The van der Waals surface area contributed by atoms with Gasteiger partial charge in [0, 0.05) is 6.20 Å². The quantitative estimate of drug-likeness (QED) is 0.727. The summed E-state index contributed by atoms with van der Waals surface area (Å²) in [7, 11) is 0. The van der Waals surface area contributed by atoms with Crippen molar-refractivity contribution in [3.05, 3.63) is 33.6 Å². The number of pyridine rings is 1. The summed E-state index contributed by atoms with van der Waals surface area (Å²) < 4.78 is 2.46. The lowest BCUT2D eigenvalue weighted by atomic mass is 10.4. The number of rotatable bonds is 0. The largest absolute Gasteiger partial charge is 0.289 e. The van der Waals surface area contributed by atoms with E-state index in [0.29, 0.717) is 11.3 Å². The van der Waals surface area contributed by atoms with Gasteiger partial charge in [0.25, 0.3) is 0 Å². The maximum atomic E-state index is 8.79. The highest BCUT2D eigenvalue weighted by atomic mass is 79.9. The van der Waals surface area contributed by atoms with Gasteiger partial charge in [0.05, 0.1) is 4.47 Å². The van der Waals surface area contributed by atoms with Crippen molar-refractivity contribution >= 4 is 33.2 Å². The van der Waals surface area contributed by atoms with Crippen molar-refractivity contribution in [1.29, 1.82) is 5.26 Å². The van der Waals surface area contributed by atoms with Gasteiger partial charge in [-0.05, 0) is 28.1 Å². The second-order valence-corrected chi connectivity index (χ2v) is 3.63. The summed E-state index contributed by atoms with van der Waals surface area (Å²) in [6.07, 6.45) is 1.75. The molecule has 3 nitrogen and oxygen atoms in total. The first kappa shape index (κ1) is 8.54. The summed E-state index contributed by atoms with van der Waals surface area (Å²) in [5.74, 6) is 0. The summed E-state index contributed by atoms with van der Waals surface area (Å²) in [5, 5.41) is 9.02. The molecule has 2 aromatic heterocycles. The average Bonchev–Trinajstić information content (AvgIpc) is 2.43. The number of halogens is 2. The van der Waals surface area contributed by atoms with E-state index in [0.717, 1.165) is 4.47 Å². The molecular formula is C8H3BrClN3. The second kappa shape index (κ2) is 3.02. The van der Waals surface area contributed by atoms with Crippen LogP contribution in [0.3, 0.4) is 0 Å². The van der Waals surface area contributed by atoms with Crippen molar-refractivity contribution in [2.45, 2.75) is 0 Å². The summed E-state index contributed by atoms with van der Waals surface area (Å²) in [4.78, 5) is 4.04. The van der Waals surface area contributed by atoms with E-state index in [9.17, 15) is 0 Å². The van der Waals surface area contributed by atoms with Gasteiger partial charge in [-0.25, -0.2) is 4.98 Å². The van der Waals surface area contributed by atoms with Crippen LogP contribution in [0, 0.1) is 11.3 Å². The van der Waals surface area contributed by atoms with Gasteiger partial charge in [0.2, 0.25) is 0 Å². The van der Waals surface area contributed by atoms with Gasteiger partial charge in [0.15, 0.2) is 16.5 Å². The van der Waals surface area contributed by atoms with Gasteiger partial charge in [-0.3, -0.25) is 4.40 Å². The fraction of sp³-hybridized carbons (Fsp3) is 0. The zero-order valence-electron chi connectivity index (χ0n) is 6.33. The number of imidazole rings is 1. The van der Waals surface area contributed by atoms with Crippen molar-refractivity contribution in [2.75, 3.05) is 0 Å². The van der Waals surface area contributed by atoms with Gasteiger partial charge >= 0.3 is 0 Å². The highest BCUT2D eigenvalue weighted by Crippen LogP contribution is 2.22. The van der Waals surface area contributed by atoms with Crippen molar-refractivity contribution in [1.82, 2.24) is 9.38 Å². The van der Waals surface area contributed by atoms with Gasteiger partial charge in [-0.1, -0.05) is 11.6 Å². The van der Waals surface area contributed by atoms with E-state index in [2.05, 4.69) is 20.9 Å². The van der Waals surface area contributed by atoms with Crippen LogP contribution in [0.25, 0.3) is 5.65 Å². The fourth-order valence-corrected chi connectivity index (χ4v) is 1.75. The molecule has 2 aromatic rings. The molecule has 0 fully saturated rings. The monoisotopic (exact) mass is 255 g/mol. The molecule has 0 radical (unpaired) electrons. The first-order valence-corrected chi connectivity index (χ1v) is 4.63. The zero-order chi connectivity index (χ0) is 9.42. The van der Waals surface area contributed by atoms with Crippen LogP contribution >= 0.6 is 27.5 Å². The lowest BCUT2D eigenvalue weighted by molar-refractivity contribution is 1.15. The smallest absolute Gasteiger partial charge is 0.166 e. The molecule has 0 atom stereocenters. The number of nitrogens with zero attached hydrogens (tertiary/aromatic N) is 3. The highest BCUT2D eigenvalue weighted by Gasteiger charge is 2.10. The minimum absolute atomic E-state index is 0.231. The van der Waals surface area contributed by atoms with Crippen molar-refractivity contribution in [3.8, 4) is 6.07 Å². The van der Waals surface area contributed by atoms with Crippen LogP contribution in [0.15, 0.2) is 22.8 Å². The molecule has 0 unspecified atom stereocenters. The molecule has 0 spiro atoms. The molecule has 0 bridgehead atoms. The molecule has 0 aliphatic carbocycles. The normalized spacial score (nSPS) is 10.2. The Morgan fingerprint density at radius 2 is 2.38 bits per heavy atom. The van der Waals surface area contributed by atoms with E-state index in [1.54, 1.807) is 10.6 Å². The third-order valence-corrected chi connectivity index (χ3v) is 2.55. The molecular weight excluding hydrogens is 253 g/mol. The summed E-state index contributed by atoms with van der Waals surface area (Å²) in [6, 6.07) is 5.66. The SMILES string of the molecule is N#Cc1c(Cl)nc2c(Br)cccn12. The predicted molar refractivity (Wildman–Crippen MR) is 52.6 cm³/mol. The number of aromatic nitrogens is 2. The van der Waals surface area contributed by atoms with E-state index in [4.69, 9.17) is 16.9 Å². The van der Waals surface area contributed by atoms with E-state index in [1.165, 1.54) is 0 Å². The number of hydrogen-bond donors (Lipinski definition) is 0. The minimum atomic E-state index is 0.231. The third kappa shape index (κ3) is 1.21. The number of nitriles is 1. The average molecular weight is 256 g/mol. The summed E-state index contributed by atoms with van der Waals surface area (Å²) in [6.45, 7) is 0. The molecule has 2 heterocycles. The Morgan fingerprint density at radius 1 is 1.62 bits per heavy atom. The van der Waals surface area contributed by atoms with Crippen molar-refractivity contribution in [3.63, 3.8) is 0 Å². The van der Waals surface area contributed by atoms with Crippen LogP contribution in [-0.4, -0.2) is 9.38 Å². The Morgan fingerprint density at radius 3 is 3.08 bits per heavy atom. The maximum Gasteiger partial charge on any atom is 0.166 e. The molecule has 0 saturated carbocycles. The Labute approximate surface area is 87.7 Å². The molecule has 0 saturated heterocycles. The summed E-state index contributed by atoms with van der Waals surface area (Å²) in [5.41, 5.74) is 1.02. The zero-order valence-corrected chi connectivity index (χ0v) is 8.67. The van der Waals surface area contributed by atoms with Crippen LogP contribution in [0.1, 0.15) is 5.69 Å². The Balaban J connectivity index is 2.96. The lowest BCUT2D eigenvalue weighted by Crippen LogP contribution is -1.87. The molecule has 2 rings (SSSR count). The topological polar surface area (TPSA) is 41.1 Å². The van der Waals surface area contributed by atoms with Crippen LogP contribution in [0.5, 0.6) is 0 Å². The lowest BCUT2D eigenvalue weighted by Gasteiger charge is -1.94. The van der Waals surface area contributed by atoms with E-state index in [-0.39, 0.29) is 5.15 Å². The van der Waals surface area contributed by atoms with Crippen LogP contribution in [-0.2, 0) is 0 Å². The van der Waals surface area contributed by atoms with Gasteiger partial charge < -0.3 is 0 Å². The van der Waals surface area contributed by atoms with Crippen LogP contribution in [0.2, 0.25) is 5.15 Å². The van der Waals surface area contributed by atoms with Crippen LogP contribution in [0.4, 0.5) is 0 Å². The molecule has 13 heavy (non-hydrogen) atoms. The van der Waals surface area contributed by atoms with Crippen LogP contribution < -0.4 is 0 Å². The molecule has 0 aromatic carbocycles. The van der Waals surface area contributed by atoms with E-state index in [1.807, 2.05) is 18.2 Å². The predicted octanol–water partition coefficient (Wildman–Crippen LogP) is 2.62. The van der Waals surface area contributed by atoms with Crippen molar-refractivity contribution in [2.24, 2.45) is 0 Å². The van der Waals surface area contributed by atoms with Crippen molar-refractivity contribution < 1.29 is 0 Å². The fourth-order valence-electron chi connectivity index (χ4n) is 1.11. The first-order chi connectivity index (χ1) is 6.24. The van der Waals surface area contributed by atoms with Gasteiger partial charge in [-0.2, -0.15) is 5.26 Å². The molecule has 5 heteroatoms.